The number of hydrogen-bond acceptors (Lipinski definition) is 3. The van der Waals surface area contributed by atoms with Gasteiger partial charge in [0.1, 0.15) is 5.82 Å². The Bertz CT molecular complexity index is 443. The molecule has 1 aromatic carbocycles. The zero-order chi connectivity index (χ0) is 12.0. The van der Waals surface area contributed by atoms with Crippen molar-refractivity contribution in [3.8, 4) is 11.8 Å². The molecule has 84 valence electrons. The van der Waals surface area contributed by atoms with Crippen LogP contribution < -0.4 is 0 Å². The minimum atomic E-state index is -0.671. The molecule has 0 aliphatic carbocycles. The van der Waals surface area contributed by atoms with Crippen molar-refractivity contribution in [2.75, 3.05) is 6.61 Å². The number of aliphatic hydroxyl groups is 1. The summed E-state index contributed by atoms with van der Waals surface area (Å²) < 4.78 is 17.5. The van der Waals surface area contributed by atoms with E-state index < -0.39 is 11.8 Å². The van der Waals surface area contributed by atoms with Crippen molar-refractivity contribution in [3.05, 3.63) is 35.1 Å². The van der Waals surface area contributed by atoms with Gasteiger partial charge in [-0.1, -0.05) is 12.0 Å². The lowest BCUT2D eigenvalue weighted by Crippen LogP contribution is -2.00. The second kappa shape index (κ2) is 5.89. The number of carbonyl (C=O) groups is 1. The molecule has 0 saturated heterocycles. The van der Waals surface area contributed by atoms with Crippen LogP contribution in [-0.4, -0.2) is 17.7 Å². The molecule has 0 bridgehead atoms. The number of rotatable bonds is 2. The van der Waals surface area contributed by atoms with Crippen molar-refractivity contribution in [3.63, 3.8) is 0 Å². The Morgan fingerprint density at radius 2 is 2.31 bits per heavy atom. The van der Waals surface area contributed by atoms with Gasteiger partial charge in [-0.15, -0.1) is 0 Å². The molecule has 0 saturated carbocycles. The predicted octanol–water partition coefficient (Wildman–Crippen LogP) is 1.23. The first-order valence-electron chi connectivity index (χ1n) is 4.75. The highest BCUT2D eigenvalue weighted by Crippen LogP contribution is 2.09. The average Bonchev–Trinajstić information content (AvgIpc) is 2.27. The largest absolute Gasteiger partial charge is 0.456 e. The van der Waals surface area contributed by atoms with Crippen LogP contribution in [0, 0.1) is 17.7 Å². The minimum Gasteiger partial charge on any atom is -0.456 e. The molecule has 0 aromatic heterocycles. The first kappa shape index (κ1) is 12.2. The van der Waals surface area contributed by atoms with Crippen molar-refractivity contribution >= 4 is 5.97 Å². The van der Waals surface area contributed by atoms with Crippen LogP contribution in [0.1, 0.15) is 18.1 Å². The highest BCUT2D eigenvalue weighted by atomic mass is 19.1. The fourth-order valence-corrected chi connectivity index (χ4v) is 1.09. The van der Waals surface area contributed by atoms with Crippen molar-refractivity contribution in [2.24, 2.45) is 0 Å². The highest BCUT2D eigenvalue weighted by Gasteiger charge is 2.01. The fraction of sp³-hybridized carbons (Fsp3) is 0.250. The zero-order valence-corrected chi connectivity index (χ0v) is 8.79. The lowest BCUT2D eigenvalue weighted by Gasteiger charge is -1.99. The fourth-order valence-electron chi connectivity index (χ4n) is 1.09. The highest BCUT2D eigenvalue weighted by molar-refractivity contribution is 5.89. The Kier molecular flexibility index (Phi) is 4.49. The van der Waals surface area contributed by atoms with Crippen molar-refractivity contribution in [1.82, 2.24) is 0 Å². The first-order chi connectivity index (χ1) is 7.67. The average molecular weight is 222 g/mol. The molecule has 0 atom stereocenters. The van der Waals surface area contributed by atoms with Crippen LogP contribution in [-0.2, 0) is 16.1 Å². The summed E-state index contributed by atoms with van der Waals surface area (Å²) in [6.45, 7) is 1.65. The third kappa shape index (κ3) is 3.37. The first-order valence-corrected chi connectivity index (χ1v) is 4.75. The second-order valence-electron chi connectivity index (χ2n) is 2.93. The molecule has 0 spiro atoms. The van der Waals surface area contributed by atoms with Gasteiger partial charge in [0, 0.05) is 11.5 Å². The van der Waals surface area contributed by atoms with Gasteiger partial charge in [0.25, 0.3) is 0 Å². The summed E-state index contributed by atoms with van der Waals surface area (Å²) in [6, 6.07) is 3.81. The SMILES string of the molecule is CCOC(=O)C#Cc1cc(F)ccc1CO. The van der Waals surface area contributed by atoms with E-state index in [2.05, 4.69) is 16.6 Å². The number of carbonyl (C=O) groups excluding carboxylic acids is 1. The van der Waals surface area contributed by atoms with Crippen molar-refractivity contribution < 1.29 is 19.0 Å². The topological polar surface area (TPSA) is 46.5 Å². The van der Waals surface area contributed by atoms with E-state index in [4.69, 9.17) is 5.11 Å². The molecular weight excluding hydrogens is 211 g/mol. The van der Waals surface area contributed by atoms with Crippen LogP contribution in [0.3, 0.4) is 0 Å². The summed E-state index contributed by atoms with van der Waals surface area (Å²) in [5, 5.41) is 8.97. The maximum absolute atomic E-state index is 12.9. The van der Waals surface area contributed by atoms with E-state index in [1.807, 2.05) is 0 Å². The van der Waals surface area contributed by atoms with Crippen LogP contribution in [0.25, 0.3) is 0 Å². The number of aliphatic hydroxyl groups excluding tert-OH is 1. The van der Waals surface area contributed by atoms with Crippen molar-refractivity contribution in [1.29, 1.82) is 0 Å². The summed E-state index contributed by atoms with van der Waals surface area (Å²) in [4.78, 5) is 10.9. The summed E-state index contributed by atoms with van der Waals surface area (Å²) in [6.07, 6.45) is 0. The summed E-state index contributed by atoms with van der Waals surface area (Å²) in [5.41, 5.74) is 0.758. The third-order valence-electron chi connectivity index (χ3n) is 1.82. The third-order valence-corrected chi connectivity index (χ3v) is 1.82. The second-order valence-corrected chi connectivity index (χ2v) is 2.93. The van der Waals surface area contributed by atoms with Gasteiger partial charge >= 0.3 is 5.97 Å². The molecule has 4 heteroatoms. The van der Waals surface area contributed by atoms with Gasteiger partial charge in [-0.05, 0) is 24.6 Å². The number of halogens is 1. The van der Waals surface area contributed by atoms with Crippen LogP contribution >= 0.6 is 0 Å². The normalized spacial score (nSPS) is 9.19. The van der Waals surface area contributed by atoms with E-state index in [0.29, 0.717) is 5.56 Å². The number of esters is 1. The van der Waals surface area contributed by atoms with Crippen LogP contribution in [0.4, 0.5) is 4.39 Å². The maximum Gasteiger partial charge on any atom is 0.384 e. The molecule has 0 fully saturated rings. The molecule has 0 aliphatic rings. The van der Waals surface area contributed by atoms with Gasteiger partial charge in [0.2, 0.25) is 0 Å². The van der Waals surface area contributed by atoms with E-state index in [1.165, 1.54) is 12.1 Å². The molecule has 0 heterocycles. The molecule has 16 heavy (non-hydrogen) atoms. The van der Waals surface area contributed by atoms with Gasteiger partial charge in [-0.25, -0.2) is 9.18 Å². The Labute approximate surface area is 92.9 Å². The van der Waals surface area contributed by atoms with E-state index in [-0.39, 0.29) is 18.8 Å². The zero-order valence-electron chi connectivity index (χ0n) is 8.79. The Morgan fingerprint density at radius 3 is 2.94 bits per heavy atom. The maximum atomic E-state index is 12.9. The number of hydrogen-bond donors (Lipinski definition) is 1. The van der Waals surface area contributed by atoms with Crippen LogP contribution in [0.15, 0.2) is 18.2 Å². The molecule has 0 unspecified atom stereocenters. The van der Waals surface area contributed by atoms with Gasteiger partial charge in [-0.2, -0.15) is 0 Å². The minimum absolute atomic E-state index is 0.240. The van der Waals surface area contributed by atoms with Crippen LogP contribution in [0.2, 0.25) is 0 Å². The molecule has 0 radical (unpaired) electrons. The van der Waals surface area contributed by atoms with E-state index in [0.717, 1.165) is 6.07 Å². The van der Waals surface area contributed by atoms with Gasteiger partial charge in [0.15, 0.2) is 0 Å². The molecule has 0 aliphatic heterocycles. The lowest BCUT2D eigenvalue weighted by molar-refractivity contribution is -0.136. The van der Waals surface area contributed by atoms with Crippen molar-refractivity contribution in [2.45, 2.75) is 13.5 Å². The Morgan fingerprint density at radius 1 is 1.56 bits per heavy atom. The molecule has 3 nitrogen and oxygen atoms in total. The van der Waals surface area contributed by atoms with E-state index >= 15 is 0 Å². The van der Waals surface area contributed by atoms with E-state index in [9.17, 15) is 9.18 Å². The number of benzene rings is 1. The Hall–Kier alpha value is -1.86. The monoisotopic (exact) mass is 222 g/mol. The quantitative estimate of drug-likeness (QED) is 0.604. The summed E-state index contributed by atoms with van der Waals surface area (Å²) in [7, 11) is 0. The number of ether oxygens (including phenoxy) is 1. The molecule has 1 rings (SSSR count). The molecule has 1 N–H and O–H groups in total. The van der Waals surface area contributed by atoms with Gasteiger partial charge in [-0.3, -0.25) is 0 Å². The lowest BCUT2D eigenvalue weighted by atomic mass is 10.1. The molecule has 0 amide bonds. The van der Waals surface area contributed by atoms with Gasteiger partial charge in [0.05, 0.1) is 13.2 Å². The standard InChI is InChI=1S/C12H11FO3/c1-2-16-12(15)6-4-9-7-11(13)5-3-10(9)8-14/h3,5,7,14H,2,8H2,1H3. The summed E-state index contributed by atoms with van der Waals surface area (Å²) in [5.74, 6) is 3.54. The summed E-state index contributed by atoms with van der Waals surface area (Å²) >= 11 is 0. The predicted molar refractivity (Wildman–Crippen MR) is 55.8 cm³/mol. The Balaban J connectivity index is 2.94. The molecule has 1 aromatic rings. The van der Waals surface area contributed by atoms with Crippen LogP contribution in [0.5, 0.6) is 0 Å². The van der Waals surface area contributed by atoms with Gasteiger partial charge < -0.3 is 9.84 Å². The molecular formula is C12H11FO3. The van der Waals surface area contributed by atoms with E-state index in [1.54, 1.807) is 6.92 Å². The smallest absolute Gasteiger partial charge is 0.384 e.